The van der Waals surface area contributed by atoms with E-state index in [4.69, 9.17) is 17.3 Å². The molecule has 3 aromatic carbocycles. The predicted octanol–water partition coefficient (Wildman–Crippen LogP) is 5.39. The van der Waals surface area contributed by atoms with Gasteiger partial charge in [0.15, 0.2) is 5.75 Å². The Kier molecular flexibility index (Phi) is 5.18. The molecule has 122 valence electrons. The van der Waals surface area contributed by atoms with E-state index in [0.29, 0.717) is 17.9 Å². The molecular formula is C19H17ClN2OS. The number of nitrogens with one attached hydrogen (secondary N) is 1. The van der Waals surface area contributed by atoms with Crippen LogP contribution in [0.3, 0.4) is 0 Å². The molecule has 0 saturated carbocycles. The highest BCUT2D eigenvalue weighted by atomic mass is 35.5. The highest BCUT2D eigenvalue weighted by Crippen LogP contribution is 2.35. The van der Waals surface area contributed by atoms with Gasteiger partial charge < -0.3 is 16.2 Å². The summed E-state index contributed by atoms with van der Waals surface area (Å²) in [6.07, 6.45) is 0. The van der Waals surface area contributed by atoms with Crippen molar-refractivity contribution in [1.82, 2.24) is 0 Å². The lowest BCUT2D eigenvalue weighted by atomic mass is 10.2. The van der Waals surface area contributed by atoms with Crippen LogP contribution in [-0.4, -0.2) is 5.11 Å². The van der Waals surface area contributed by atoms with Crippen LogP contribution in [0.5, 0.6) is 5.75 Å². The fourth-order valence-electron chi connectivity index (χ4n) is 2.31. The fourth-order valence-corrected chi connectivity index (χ4v) is 3.50. The number of hydrogen-bond donors (Lipinski definition) is 3. The molecule has 0 fully saturated rings. The summed E-state index contributed by atoms with van der Waals surface area (Å²) in [4.78, 5) is 2.34. The summed E-state index contributed by atoms with van der Waals surface area (Å²) in [6, 6.07) is 21.6. The Morgan fingerprint density at radius 3 is 2.50 bits per heavy atom. The third kappa shape index (κ3) is 3.96. The first kappa shape index (κ1) is 16.6. The van der Waals surface area contributed by atoms with Crippen molar-refractivity contribution in [2.45, 2.75) is 16.3 Å². The molecule has 3 aromatic rings. The molecule has 3 rings (SSSR count). The molecule has 0 atom stereocenters. The van der Waals surface area contributed by atoms with E-state index in [-0.39, 0.29) is 10.8 Å². The van der Waals surface area contributed by atoms with E-state index in [1.807, 2.05) is 30.3 Å². The van der Waals surface area contributed by atoms with Crippen LogP contribution in [0.15, 0.2) is 76.5 Å². The minimum absolute atomic E-state index is 0.0130. The number of nitrogens with two attached hydrogens (primary N) is 1. The van der Waals surface area contributed by atoms with Gasteiger partial charge in [-0.15, -0.1) is 0 Å². The summed E-state index contributed by atoms with van der Waals surface area (Å²) in [7, 11) is 0. The highest BCUT2D eigenvalue weighted by molar-refractivity contribution is 7.99. The molecule has 3 nitrogen and oxygen atoms in total. The number of phenols is 1. The van der Waals surface area contributed by atoms with E-state index in [2.05, 4.69) is 29.6 Å². The Labute approximate surface area is 150 Å². The first-order valence-corrected chi connectivity index (χ1v) is 8.65. The summed E-state index contributed by atoms with van der Waals surface area (Å²) < 4.78 is 0. The molecular weight excluding hydrogens is 340 g/mol. The maximum absolute atomic E-state index is 10.0. The molecule has 0 unspecified atom stereocenters. The van der Waals surface area contributed by atoms with Crippen molar-refractivity contribution < 1.29 is 5.11 Å². The van der Waals surface area contributed by atoms with Crippen LogP contribution >= 0.6 is 23.4 Å². The van der Waals surface area contributed by atoms with Gasteiger partial charge in [-0.1, -0.05) is 59.8 Å². The quantitative estimate of drug-likeness (QED) is 0.326. The lowest BCUT2D eigenvalue weighted by molar-refractivity contribution is 0.477. The lowest BCUT2D eigenvalue weighted by Crippen LogP contribution is -2.02. The Morgan fingerprint density at radius 2 is 1.71 bits per heavy atom. The van der Waals surface area contributed by atoms with Crippen molar-refractivity contribution in [2.75, 3.05) is 11.1 Å². The standard InChI is InChI=1S/C19H17ClN2OS/c20-16-10-14(21)11-17(19(16)23)22-12-13-6-4-5-9-18(13)24-15-7-2-1-3-8-15/h1-11,22-23H,12,21H2. The first-order valence-electron chi connectivity index (χ1n) is 7.46. The van der Waals surface area contributed by atoms with Gasteiger partial charge in [-0.3, -0.25) is 0 Å². The third-order valence-electron chi connectivity index (χ3n) is 3.50. The van der Waals surface area contributed by atoms with Gasteiger partial charge in [-0.25, -0.2) is 0 Å². The molecule has 0 heterocycles. The predicted molar refractivity (Wildman–Crippen MR) is 102 cm³/mol. The molecule has 5 heteroatoms. The zero-order chi connectivity index (χ0) is 16.9. The number of anilines is 2. The monoisotopic (exact) mass is 356 g/mol. The van der Waals surface area contributed by atoms with Crippen LogP contribution in [0.25, 0.3) is 0 Å². The van der Waals surface area contributed by atoms with E-state index in [1.54, 1.807) is 17.8 Å². The number of nitrogen functional groups attached to an aromatic ring is 1. The van der Waals surface area contributed by atoms with Gasteiger partial charge >= 0.3 is 0 Å². The van der Waals surface area contributed by atoms with E-state index in [9.17, 15) is 5.11 Å². The zero-order valence-electron chi connectivity index (χ0n) is 12.9. The first-order chi connectivity index (χ1) is 11.6. The number of phenolic OH excluding ortho intramolecular Hbond substituents is 1. The largest absolute Gasteiger partial charge is 0.504 e. The number of benzene rings is 3. The topological polar surface area (TPSA) is 58.3 Å². The van der Waals surface area contributed by atoms with Gasteiger partial charge in [0.2, 0.25) is 0 Å². The second-order valence-electron chi connectivity index (χ2n) is 5.28. The van der Waals surface area contributed by atoms with Crippen LogP contribution in [0, 0.1) is 0 Å². The van der Waals surface area contributed by atoms with Crippen molar-refractivity contribution in [3.05, 3.63) is 77.3 Å². The number of rotatable bonds is 5. The van der Waals surface area contributed by atoms with E-state index < -0.39 is 0 Å². The number of hydrogen-bond acceptors (Lipinski definition) is 4. The van der Waals surface area contributed by atoms with Crippen molar-refractivity contribution in [2.24, 2.45) is 0 Å². The molecule has 0 amide bonds. The summed E-state index contributed by atoms with van der Waals surface area (Å²) in [5, 5.41) is 13.5. The molecule has 0 radical (unpaired) electrons. The second kappa shape index (κ2) is 7.51. The molecule has 0 bridgehead atoms. The minimum atomic E-state index is 0.0130. The smallest absolute Gasteiger partial charge is 0.157 e. The van der Waals surface area contributed by atoms with Crippen LogP contribution in [0.1, 0.15) is 5.56 Å². The third-order valence-corrected chi connectivity index (χ3v) is 4.91. The summed E-state index contributed by atoms with van der Waals surface area (Å²) >= 11 is 7.67. The molecule has 0 aliphatic rings. The average Bonchev–Trinajstić information content (AvgIpc) is 2.59. The summed E-state index contributed by atoms with van der Waals surface area (Å²) in [5.41, 5.74) is 7.95. The molecule has 0 saturated heterocycles. The lowest BCUT2D eigenvalue weighted by Gasteiger charge is -2.13. The van der Waals surface area contributed by atoms with Gasteiger partial charge in [-0.2, -0.15) is 0 Å². The molecule has 24 heavy (non-hydrogen) atoms. The van der Waals surface area contributed by atoms with Gasteiger partial charge in [-0.05, 0) is 35.9 Å². The molecule has 0 aliphatic carbocycles. The second-order valence-corrected chi connectivity index (χ2v) is 6.80. The molecule has 4 N–H and O–H groups in total. The normalized spacial score (nSPS) is 10.5. The Morgan fingerprint density at radius 1 is 1.00 bits per heavy atom. The molecule has 0 aliphatic heterocycles. The van der Waals surface area contributed by atoms with E-state index in [0.717, 1.165) is 10.5 Å². The van der Waals surface area contributed by atoms with E-state index in [1.165, 1.54) is 11.0 Å². The van der Waals surface area contributed by atoms with Crippen LogP contribution in [-0.2, 0) is 6.54 Å². The average molecular weight is 357 g/mol. The highest BCUT2D eigenvalue weighted by Gasteiger charge is 2.09. The van der Waals surface area contributed by atoms with Crippen LogP contribution in [0.4, 0.5) is 11.4 Å². The summed E-state index contributed by atoms with van der Waals surface area (Å²) in [5.74, 6) is 0.0130. The van der Waals surface area contributed by atoms with Gasteiger partial charge in [0.05, 0.1) is 10.7 Å². The van der Waals surface area contributed by atoms with E-state index >= 15 is 0 Å². The Bertz CT molecular complexity index is 840. The Balaban J connectivity index is 1.79. The van der Waals surface area contributed by atoms with Crippen LogP contribution < -0.4 is 11.1 Å². The van der Waals surface area contributed by atoms with Crippen LogP contribution in [0.2, 0.25) is 5.02 Å². The maximum atomic E-state index is 10.0. The minimum Gasteiger partial charge on any atom is -0.504 e. The molecule has 0 aromatic heterocycles. The molecule has 0 spiro atoms. The number of halogens is 1. The van der Waals surface area contributed by atoms with Gasteiger partial charge in [0, 0.05) is 22.0 Å². The van der Waals surface area contributed by atoms with Gasteiger partial charge in [0.25, 0.3) is 0 Å². The fraction of sp³-hybridized carbons (Fsp3) is 0.0526. The zero-order valence-corrected chi connectivity index (χ0v) is 14.4. The Hall–Kier alpha value is -2.30. The van der Waals surface area contributed by atoms with Crippen molar-refractivity contribution >= 4 is 34.7 Å². The van der Waals surface area contributed by atoms with Crippen molar-refractivity contribution in [3.63, 3.8) is 0 Å². The van der Waals surface area contributed by atoms with Crippen molar-refractivity contribution in [3.8, 4) is 5.75 Å². The van der Waals surface area contributed by atoms with Gasteiger partial charge in [0.1, 0.15) is 0 Å². The number of aromatic hydroxyl groups is 1. The maximum Gasteiger partial charge on any atom is 0.157 e. The summed E-state index contributed by atoms with van der Waals surface area (Å²) in [6.45, 7) is 0.559. The van der Waals surface area contributed by atoms with Crippen molar-refractivity contribution in [1.29, 1.82) is 0 Å². The SMILES string of the molecule is Nc1cc(Cl)c(O)c(NCc2ccccc2Sc2ccccc2)c1.